The topological polar surface area (TPSA) is 29.3 Å². The van der Waals surface area contributed by atoms with Gasteiger partial charge in [0.1, 0.15) is 0 Å². The number of rotatable bonds is 5. The zero-order chi connectivity index (χ0) is 30.5. The second-order valence-electron chi connectivity index (χ2n) is 11.7. The van der Waals surface area contributed by atoms with Gasteiger partial charge in [-0.3, -0.25) is 4.98 Å². The van der Waals surface area contributed by atoms with Crippen molar-refractivity contribution in [2.75, 3.05) is 4.90 Å². The molecule has 0 fully saturated rings. The van der Waals surface area contributed by atoms with Gasteiger partial charge in [0.15, 0.2) is 11.2 Å². The van der Waals surface area contributed by atoms with Crippen LogP contribution in [0, 0.1) is 0 Å². The standard InChI is InChI=1S/C43H28N2O/c1-3-8-33-26-35(14-12-29(33)6-1)31-16-20-37(21-17-31)45(41-11-5-10-40-39-24-25-44-28-42(39)46-43(40)41)38-22-18-32(19-23-38)36-15-13-30-7-2-4-9-34(30)27-36/h1-28H. The van der Waals surface area contributed by atoms with E-state index in [0.717, 1.165) is 39.0 Å². The van der Waals surface area contributed by atoms with Crippen molar-refractivity contribution in [3.63, 3.8) is 0 Å². The smallest absolute Gasteiger partial charge is 0.159 e. The summed E-state index contributed by atoms with van der Waals surface area (Å²) in [7, 11) is 0. The molecule has 0 aliphatic heterocycles. The van der Waals surface area contributed by atoms with E-state index in [9.17, 15) is 0 Å². The molecule has 0 unspecified atom stereocenters. The molecule has 46 heavy (non-hydrogen) atoms. The summed E-state index contributed by atoms with van der Waals surface area (Å²) >= 11 is 0. The van der Waals surface area contributed by atoms with Crippen molar-refractivity contribution in [2.24, 2.45) is 0 Å². The summed E-state index contributed by atoms with van der Waals surface area (Å²) in [5.41, 5.74) is 9.44. The molecule has 0 saturated carbocycles. The van der Waals surface area contributed by atoms with E-state index in [1.807, 2.05) is 12.3 Å². The Morgan fingerprint density at radius 3 is 1.57 bits per heavy atom. The number of furan rings is 1. The SMILES string of the molecule is c1ccc2cc(-c3ccc(N(c4ccc(-c5ccc6ccccc6c5)cc4)c4cccc5c4oc4cnccc45)cc3)ccc2c1. The van der Waals surface area contributed by atoms with Crippen LogP contribution in [0.1, 0.15) is 0 Å². The van der Waals surface area contributed by atoms with E-state index in [-0.39, 0.29) is 0 Å². The number of fused-ring (bicyclic) bond motifs is 5. The molecule has 0 aliphatic carbocycles. The first-order chi connectivity index (χ1) is 22.8. The van der Waals surface area contributed by atoms with E-state index in [1.165, 1.54) is 43.8 Å². The number of nitrogens with zero attached hydrogens (tertiary/aromatic N) is 2. The molecule has 2 aromatic heterocycles. The Morgan fingerprint density at radius 2 is 0.978 bits per heavy atom. The van der Waals surface area contributed by atoms with E-state index >= 15 is 0 Å². The van der Waals surface area contributed by atoms with Gasteiger partial charge >= 0.3 is 0 Å². The maximum Gasteiger partial charge on any atom is 0.159 e. The molecule has 0 atom stereocenters. The van der Waals surface area contributed by atoms with Gasteiger partial charge in [-0.1, -0.05) is 109 Å². The molecule has 3 nitrogen and oxygen atoms in total. The number of aromatic nitrogens is 1. The predicted octanol–water partition coefficient (Wildman–Crippen LogP) is 12.1. The van der Waals surface area contributed by atoms with Crippen molar-refractivity contribution in [3.8, 4) is 22.3 Å². The van der Waals surface area contributed by atoms with Gasteiger partial charge in [0.2, 0.25) is 0 Å². The molecule has 3 heteroatoms. The van der Waals surface area contributed by atoms with Crippen molar-refractivity contribution in [1.82, 2.24) is 4.98 Å². The van der Waals surface area contributed by atoms with E-state index in [1.54, 1.807) is 6.20 Å². The van der Waals surface area contributed by atoms with Crippen LogP contribution in [0.2, 0.25) is 0 Å². The second kappa shape index (κ2) is 10.8. The Balaban J connectivity index is 1.16. The Bertz CT molecular complexity index is 2410. The number of benzene rings is 7. The summed E-state index contributed by atoms with van der Waals surface area (Å²) in [4.78, 5) is 6.59. The van der Waals surface area contributed by atoms with Crippen LogP contribution in [0.25, 0.3) is 65.7 Å². The lowest BCUT2D eigenvalue weighted by Gasteiger charge is -2.26. The van der Waals surface area contributed by atoms with Crippen LogP contribution in [0.3, 0.4) is 0 Å². The maximum atomic E-state index is 6.47. The van der Waals surface area contributed by atoms with Crippen molar-refractivity contribution >= 4 is 60.5 Å². The van der Waals surface area contributed by atoms with Gasteiger partial charge in [0, 0.05) is 28.3 Å². The Labute approximate surface area is 266 Å². The molecule has 2 heterocycles. The normalized spacial score (nSPS) is 11.5. The Hall–Kier alpha value is -6.19. The highest BCUT2D eigenvalue weighted by molar-refractivity contribution is 6.10. The zero-order valence-electron chi connectivity index (χ0n) is 25.0. The summed E-state index contributed by atoms with van der Waals surface area (Å²) in [6.07, 6.45) is 3.61. The Kier molecular flexibility index (Phi) is 6.14. The monoisotopic (exact) mass is 588 g/mol. The summed E-state index contributed by atoms with van der Waals surface area (Å²) in [6.45, 7) is 0. The van der Waals surface area contributed by atoms with Crippen LogP contribution in [-0.2, 0) is 0 Å². The lowest BCUT2D eigenvalue weighted by atomic mass is 10.00. The van der Waals surface area contributed by atoms with E-state index in [0.29, 0.717) is 0 Å². The molecule has 0 radical (unpaired) electrons. The van der Waals surface area contributed by atoms with Gasteiger partial charge in [-0.25, -0.2) is 0 Å². The summed E-state index contributed by atoms with van der Waals surface area (Å²) in [6, 6.07) is 56.3. The molecule has 0 amide bonds. The third-order valence-electron chi connectivity index (χ3n) is 8.94. The lowest BCUT2D eigenvalue weighted by molar-refractivity contribution is 0.667. The number of hydrogen-bond donors (Lipinski definition) is 0. The molecule has 0 spiro atoms. The zero-order valence-corrected chi connectivity index (χ0v) is 25.0. The van der Waals surface area contributed by atoms with Gasteiger partial charge in [-0.05, 0) is 92.3 Å². The minimum absolute atomic E-state index is 0.781. The van der Waals surface area contributed by atoms with Crippen LogP contribution in [0.5, 0.6) is 0 Å². The van der Waals surface area contributed by atoms with Crippen LogP contribution in [0.15, 0.2) is 175 Å². The highest BCUT2D eigenvalue weighted by Crippen LogP contribution is 2.43. The minimum Gasteiger partial charge on any atom is -0.452 e. The highest BCUT2D eigenvalue weighted by Gasteiger charge is 2.19. The fourth-order valence-corrected chi connectivity index (χ4v) is 6.58. The third-order valence-corrected chi connectivity index (χ3v) is 8.94. The van der Waals surface area contributed by atoms with E-state index < -0.39 is 0 Å². The summed E-state index contributed by atoms with van der Waals surface area (Å²) < 4.78 is 6.47. The molecule has 0 aliphatic rings. The van der Waals surface area contributed by atoms with Gasteiger partial charge in [0.05, 0.1) is 11.9 Å². The summed E-state index contributed by atoms with van der Waals surface area (Å²) in [5.74, 6) is 0. The van der Waals surface area contributed by atoms with Crippen molar-refractivity contribution in [3.05, 3.63) is 170 Å². The van der Waals surface area contributed by atoms with Gasteiger partial charge in [-0.15, -0.1) is 0 Å². The summed E-state index contributed by atoms with van der Waals surface area (Å²) in [5, 5.41) is 7.10. The van der Waals surface area contributed by atoms with Gasteiger partial charge in [-0.2, -0.15) is 0 Å². The molecule has 0 N–H and O–H groups in total. The van der Waals surface area contributed by atoms with Crippen LogP contribution in [-0.4, -0.2) is 4.98 Å². The molecule has 9 aromatic rings. The second-order valence-corrected chi connectivity index (χ2v) is 11.7. The minimum atomic E-state index is 0.781. The first kappa shape index (κ1) is 26.2. The lowest BCUT2D eigenvalue weighted by Crippen LogP contribution is -2.10. The first-order valence-electron chi connectivity index (χ1n) is 15.5. The number of pyridine rings is 1. The van der Waals surface area contributed by atoms with Gasteiger partial charge in [0.25, 0.3) is 0 Å². The number of hydrogen-bond acceptors (Lipinski definition) is 3. The average molecular weight is 589 g/mol. The van der Waals surface area contributed by atoms with Crippen molar-refractivity contribution in [2.45, 2.75) is 0 Å². The number of anilines is 3. The van der Waals surface area contributed by atoms with E-state index in [2.05, 4.69) is 162 Å². The fourth-order valence-electron chi connectivity index (χ4n) is 6.58. The van der Waals surface area contributed by atoms with Crippen molar-refractivity contribution in [1.29, 1.82) is 0 Å². The quantitative estimate of drug-likeness (QED) is 0.200. The van der Waals surface area contributed by atoms with Crippen LogP contribution < -0.4 is 4.90 Å². The van der Waals surface area contributed by atoms with E-state index in [4.69, 9.17) is 4.42 Å². The molecule has 9 rings (SSSR count). The molecular formula is C43H28N2O. The number of para-hydroxylation sites is 1. The predicted molar refractivity (Wildman–Crippen MR) is 192 cm³/mol. The van der Waals surface area contributed by atoms with Crippen LogP contribution in [0.4, 0.5) is 17.1 Å². The van der Waals surface area contributed by atoms with Gasteiger partial charge < -0.3 is 9.32 Å². The van der Waals surface area contributed by atoms with Crippen LogP contribution >= 0.6 is 0 Å². The highest BCUT2D eigenvalue weighted by atomic mass is 16.3. The molecular weight excluding hydrogens is 560 g/mol. The first-order valence-corrected chi connectivity index (χ1v) is 15.5. The molecule has 0 bridgehead atoms. The Morgan fingerprint density at radius 1 is 0.435 bits per heavy atom. The average Bonchev–Trinajstić information content (AvgIpc) is 3.51. The maximum absolute atomic E-state index is 6.47. The molecule has 0 saturated heterocycles. The largest absolute Gasteiger partial charge is 0.452 e. The molecule has 216 valence electrons. The third kappa shape index (κ3) is 4.49. The molecule has 7 aromatic carbocycles. The fraction of sp³-hybridized carbons (Fsp3) is 0. The van der Waals surface area contributed by atoms with Crippen molar-refractivity contribution < 1.29 is 4.42 Å².